The van der Waals surface area contributed by atoms with Crippen molar-refractivity contribution in [3.8, 4) is 10.7 Å². The summed E-state index contributed by atoms with van der Waals surface area (Å²) in [6.45, 7) is 2.93. The molecule has 1 aliphatic rings. The smallest absolute Gasteiger partial charge is 0.173 e. The van der Waals surface area contributed by atoms with Gasteiger partial charge in [-0.3, -0.25) is 0 Å². The van der Waals surface area contributed by atoms with Gasteiger partial charge in [-0.25, -0.2) is 9.97 Å². The van der Waals surface area contributed by atoms with Gasteiger partial charge in [-0.2, -0.15) is 0 Å². The van der Waals surface area contributed by atoms with Crippen LogP contribution >= 0.6 is 43.2 Å². The van der Waals surface area contributed by atoms with Crippen molar-refractivity contribution in [1.82, 2.24) is 9.97 Å². The average Bonchev–Trinajstić information content (AvgIpc) is 3.14. The maximum atomic E-state index is 4.76. The molecular formula is C13H13Br2N3S. The predicted octanol–water partition coefficient (Wildman–Crippen LogP) is 5.04. The van der Waals surface area contributed by atoms with Crippen LogP contribution in [0.4, 0.5) is 5.82 Å². The Morgan fingerprint density at radius 3 is 2.74 bits per heavy atom. The highest BCUT2D eigenvalue weighted by atomic mass is 79.9. The van der Waals surface area contributed by atoms with Crippen LogP contribution in [0.2, 0.25) is 0 Å². The molecule has 0 aromatic carbocycles. The van der Waals surface area contributed by atoms with Crippen molar-refractivity contribution in [1.29, 1.82) is 0 Å². The summed E-state index contributed by atoms with van der Waals surface area (Å²) in [6.07, 6.45) is 2.46. The van der Waals surface area contributed by atoms with Gasteiger partial charge >= 0.3 is 0 Å². The molecule has 100 valence electrons. The largest absolute Gasteiger partial charge is 0.369 e. The first-order chi connectivity index (χ1) is 9.20. The van der Waals surface area contributed by atoms with Crippen LogP contribution in [0, 0.1) is 0 Å². The van der Waals surface area contributed by atoms with Gasteiger partial charge in [0.15, 0.2) is 5.82 Å². The number of anilines is 1. The molecule has 0 unspecified atom stereocenters. The Morgan fingerprint density at radius 1 is 1.37 bits per heavy atom. The lowest BCUT2D eigenvalue weighted by Gasteiger charge is -2.11. The number of aromatic nitrogens is 2. The van der Waals surface area contributed by atoms with Crippen LogP contribution in [-0.2, 0) is 0 Å². The van der Waals surface area contributed by atoms with Gasteiger partial charge in [-0.1, -0.05) is 0 Å². The van der Waals surface area contributed by atoms with Gasteiger partial charge in [0.1, 0.15) is 5.82 Å². The van der Waals surface area contributed by atoms with Gasteiger partial charge in [0.2, 0.25) is 0 Å². The summed E-state index contributed by atoms with van der Waals surface area (Å²) in [5.74, 6) is 2.30. The molecule has 1 aliphatic carbocycles. The van der Waals surface area contributed by atoms with Crippen molar-refractivity contribution in [3.05, 3.63) is 26.1 Å². The normalized spacial score (nSPS) is 14.7. The maximum Gasteiger partial charge on any atom is 0.173 e. The highest BCUT2D eigenvalue weighted by Gasteiger charge is 2.29. The minimum Gasteiger partial charge on any atom is -0.369 e. The summed E-state index contributed by atoms with van der Waals surface area (Å²) in [5, 5.41) is 5.36. The predicted molar refractivity (Wildman–Crippen MR) is 86.9 cm³/mol. The van der Waals surface area contributed by atoms with Crippen LogP contribution < -0.4 is 5.32 Å². The van der Waals surface area contributed by atoms with E-state index in [-0.39, 0.29) is 0 Å². The van der Waals surface area contributed by atoms with E-state index in [4.69, 9.17) is 4.98 Å². The second-order valence-corrected chi connectivity index (χ2v) is 7.06. The van der Waals surface area contributed by atoms with E-state index in [2.05, 4.69) is 54.5 Å². The van der Waals surface area contributed by atoms with Gasteiger partial charge in [0.25, 0.3) is 0 Å². The first-order valence-electron chi connectivity index (χ1n) is 6.25. The first kappa shape index (κ1) is 13.5. The third-order valence-electron chi connectivity index (χ3n) is 3.01. The molecule has 6 heteroatoms. The van der Waals surface area contributed by atoms with Crippen molar-refractivity contribution < 1.29 is 0 Å². The van der Waals surface area contributed by atoms with Crippen LogP contribution in [0.25, 0.3) is 10.7 Å². The monoisotopic (exact) mass is 401 g/mol. The van der Waals surface area contributed by atoms with E-state index in [1.165, 1.54) is 12.8 Å². The van der Waals surface area contributed by atoms with Crippen molar-refractivity contribution >= 4 is 49.0 Å². The van der Waals surface area contributed by atoms with Crippen LogP contribution in [0.15, 0.2) is 20.4 Å². The molecule has 3 rings (SSSR count). The van der Waals surface area contributed by atoms with Crippen molar-refractivity contribution in [2.24, 2.45) is 0 Å². The van der Waals surface area contributed by atoms with Gasteiger partial charge < -0.3 is 5.32 Å². The van der Waals surface area contributed by atoms with Crippen LogP contribution in [0.3, 0.4) is 0 Å². The fourth-order valence-electron chi connectivity index (χ4n) is 1.93. The zero-order chi connectivity index (χ0) is 13.4. The molecule has 0 radical (unpaired) electrons. The Kier molecular flexibility index (Phi) is 3.91. The Labute approximate surface area is 133 Å². The van der Waals surface area contributed by atoms with Gasteiger partial charge in [-0.15, -0.1) is 11.3 Å². The number of thiophene rings is 1. The highest BCUT2D eigenvalue weighted by Crippen LogP contribution is 2.45. The number of hydrogen-bond acceptors (Lipinski definition) is 4. The summed E-state index contributed by atoms with van der Waals surface area (Å²) in [6, 6.07) is 2.04. The average molecular weight is 403 g/mol. The zero-order valence-electron chi connectivity index (χ0n) is 10.4. The zero-order valence-corrected chi connectivity index (χ0v) is 14.4. The van der Waals surface area contributed by atoms with E-state index < -0.39 is 0 Å². The fourth-order valence-corrected chi connectivity index (χ4v) is 4.05. The molecule has 1 N–H and O–H groups in total. The molecule has 2 heterocycles. The van der Waals surface area contributed by atoms with E-state index in [1.54, 1.807) is 11.3 Å². The lowest BCUT2D eigenvalue weighted by atomic mass is 10.2. The molecule has 0 bridgehead atoms. The summed E-state index contributed by atoms with van der Waals surface area (Å²) < 4.78 is 2.08. The molecule has 1 saturated carbocycles. The SMILES string of the molecule is CCNc1nc(-c2sccc2Br)nc(C2CC2)c1Br. The molecule has 1 fully saturated rings. The van der Waals surface area contributed by atoms with Crippen molar-refractivity contribution in [2.45, 2.75) is 25.7 Å². The number of rotatable bonds is 4. The maximum absolute atomic E-state index is 4.76. The van der Waals surface area contributed by atoms with Crippen molar-refractivity contribution in [2.75, 3.05) is 11.9 Å². The standard InChI is InChI=1S/C13H13Br2N3S/c1-2-16-12-9(15)10(7-3-4-7)17-13(18-12)11-8(14)5-6-19-11/h5-7H,2-4H2,1H3,(H,16,17,18). The van der Waals surface area contributed by atoms with E-state index in [0.29, 0.717) is 5.92 Å². The van der Waals surface area contributed by atoms with Crippen LogP contribution in [-0.4, -0.2) is 16.5 Å². The molecule has 0 atom stereocenters. The number of halogens is 2. The molecule has 0 amide bonds. The third kappa shape index (κ3) is 2.71. The molecule has 3 nitrogen and oxygen atoms in total. The summed E-state index contributed by atoms with van der Waals surface area (Å²) >= 11 is 8.86. The summed E-state index contributed by atoms with van der Waals surface area (Å²) in [4.78, 5) is 10.5. The van der Waals surface area contributed by atoms with E-state index in [1.807, 2.05) is 6.07 Å². The quantitative estimate of drug-likeness (QED) is 0.778. The van der Waals surface area contributed by atoms with E-state index in [0.717, 1.165) is 37.7 Å². The Balaban J connectivity index is 2.12. The molecule has 0 saturated heterocycles. The number of hydrogen-bond donors (Lipinski definition) is 1. The second-order valence-electron chi connectivity index (χ2n) is 4.50. The van der Waals surface area contributed by atoms with E-state index in [9.17, 15) is 0 Å². The van der Waals surface area contributed by atoms with Crippen LogP contribution in [0.1, 0.15) is 31.4 Å². The molecule has 2 aromatic rings. The Morgan fingerprint density at radius 2 is 2.16 bits per heavy atom. The molecule has 0 aliphatic heterocycles. The summed E-state index contributed by atoms with van der Waals surface area (Å²) in [7, 11) is 0. The fraction of sp³-hybridized carbons (Fsp3) is 0.385. The topological polar surface area (TPSA) is 37.8 Å². The molecule has 2 aromatic heterocycles. The highest BCUT2D eigenvalue weighted by molar-refractivity contribution is 9.11. The summed E-state index contributed by atoms with van der Waals surface area (Å²) in [5.41, 5.74) is 1.14. The molecular weight excluding hydrogens is 390 g/mol. The lowest BCUT2D eigenvalue weighted by Crippen LogP contribution is -2.05. The van der Waals surface area contributed by atoms with Gasteiger partial charge in [-0.05, 0) is 63.1 Å². The minimum absolute atomic E-state index is 0.590. The Hall–Kier alpha value is -0.460. The third-order valence-corrected chi connectivity index (χ3v) is 5.62. The Bertz CT molecular complexity index is 608. The minimum atomic E-state index is 0.590. The molecule has 19 heavy (non-hydrogen) atoms. The number of nitrogens with zero attached hydrogens (tertiary/aromatic N) is 2. The van der Waals surface area contributed by atoms with Crippen LogP contribution in [0.5, 0.6) is 0 Å². The first-order valence-corrected chi connectivity index (χ1v) is 8.72. The van der Waals surface area contributed by atoms with Gasteiger partial charge in [0.05, 0.1) is 15.0 Å². The lowest BCUT2D eigenvalue weighted by molar-refractivity contribution is 0.975. The van der Waals surface area contributed by atoms with Crippen molar-refractivity contribution in [3.63, 3.8) is 0 Å². The van der Waals surface area contributed by atoms with E-state index >= 15 is 0 Å². The van der Waals surface area contributed by atoms with Gasteiger partial charge in [0, 0.05) is 16.9 Å². The number of nitrogens with one attached hydrogen (secondary N) is 1. The molecule has 0 spiro atoms. The second kappa shape index (κ2) is 5.50.